The zero-order valence-corrected chi connectivity index (χ0v) is 17.3. The van der Waals surface area contributed by atoms with Crippen molar-refractivity contribution in [3.05, 3.63) is 27.6 Å². The van der Waals surface area contributed by atoms with Crippen LogP contribution in [0.15, 0.2) is 22.0 Å². The Hall–Kier alpha value is -1.66. The quantitative estimate of drug-likeness (QED) is 0.643. The maximum Gasteiger partial charge on any atom is 0.264 e. The summed E-state index contributed by atoms with van der Waals surface area (Å²) in [5.74, 6) is 1.01. The Morgan fingerprint density at radius 1 is 1.30 bits per heavy atom. The third-order valence-corrected chi connectivity index (χ3v) is 5.56. The Kier molecular flexibility index (Phi) is 7.07. The first kappa shape index (κ1) is 20.1. The lowest BCUT2D eigenvalue weighted by Crippen LogP contribution is -2.21. The van der Waals surface area contributed by atoms with E-state index in [1.807, 2.05) is 26.0 Å². The summed E-state index contributed by atoms with van der Waals surface area (Å²) in [6, 6.07) is 3.98. The summed E-state index contributed by atoms with van der Waals surface area (Å²) >= 11 is 7.78. The number of hydrogen-bond donors (Lipinski definition) is 1. The summed E-state index contributed by atoms with van der Waals surface area (Å²) in [5, 5.41) is 4.03. The molecule has 1 saturated carbocycles. The monoisotopic (exact) mass is 408 g/mol. The lowest BCUT2D eigenvalue weighted by molar-refractivity contribution is -0.115. The van der Waals surface area contributed by atoms with Crippen LogP contribution in [0.3, 0.4) is 0 Å². The highest BCUT2D eigenvalue weighted by Crippen LogP contribution is 2.38. The molecule has 2 aliphatic rings. The van der Waals surface area contributed by atoms with Crippen LogP contribution in [0, 0.1) is 0 Å². The molecular weight excluding hydrogens is 384 g/mol. The molecule has 1 aromatic rings. The number of hydrogen-bond acceptors (Lipinski definition) is 5. The van der Waals surface area contributed by atoms with Crippen molar-refractivity contribution in [3.63, 3.8) is 0 Å². The molecule has 0 unspecified atom stereocenters. The molecule has 146 valence electrons. The lowest BCUT2D eigenvalue weighted by Gasteiger charge is -2.14. The largest absolute Gasteiger partial charge is 0.490 e. The fraction of sp³-hybridized carbons (Fsp3) is 0.500. The number of carbonyl (C=O) groups excluding carboxylic acids is 1. The highest BCUT2D eigenvalue weighted by Gasteiger charge is 2.26. The van der Waals surface area contributed by atoms with Crippen LogP contribution in [0.4, 0.5) is 0 Å². The summed E-state index contributed by atoms with van der Waals surface area (Å²) in [4.78, 5) is 17.6. The fourth-order valence-electron chi connectivity index (χ4n) is 3.12. The molecule has 1 aromatic carbocycles. The zero-order valence-electron chi connectivity index (χ0n) is 15.7. The van der Waals surface area contributed by atoms with Crippen LogP contribution in [0.5, 0.6) is 11.5 Å². The van der Waals surface area contributed by atoms with Gasteiger partial charge >= 0.3 is 0 Å². The van der Waals surface area contributed by atoms with Gasteiger partial charge in [0.2, 0.25) is 0 Å². The summed E-state index contributed by atoms with van der Waals surface area (Å²) in [6.07, 6.45) is 7.33. The predicted octanol–water partition coefficient (Wildman–Crippen LogP) is 5.03. The second-order valence-corrected chi connectivity index (χ2v) is 7.99. The second-order valence-electron chi connectivity index (χ2n) is 6.55. The minimum atomic E-state index is -0.128. The minimum Gasteiger partial charge on any atom is -0.490 e. The normalized spacial score (nSPS) is 20.5. The molecule has 1 N–H and O–H groups in total. The molecule has 1 amide bonds. The number of amidine groups is 1. The van der Waals surface area contributed by atoms with E-state index >= 15 is 0 Å². The Balaban J connectivity index is 1.82. The summed E-state index contributed by atoms with van der Waals surface area (Å²) < 4.78 is 11.4. The number of amides is 1. The topological polar surface area (TPSA) is 59.9 Å². The maximum atomic E-state index is 12.3. The molecule has 0 bridgehead atoms. The zero-order chi connectivity index (χ0) is 19.2. The van der Waals surface area contributed by atoms with Gasteiger partial charge < -0.3 is 14.8 Å². The van der Waals surface area contributed by atoms with Gasteiger partial charge in [-0.15, -0.1) is 0 Å². The van der Waals surface area contributed by atoms with E-state index < -0.39 is 0 Å². The SMILES string of the molecule is CCCOc1c(Cl)cc(/C=C2/SC(=NC3CCCC3)NC2=O)cc1OCC. The van der Waals surface area contributed by atoms with Crippen LogP contribution in [-0.2, 0) is 4.79 Å². The third kappa shape index (κ3) is 5.20. The number of benzene rings is 1. The Morgan fingerprint density at radius 2 is 2.07 bits per heavy atom. The molecular formula is C20H25ClN2O3S. The van der Waals surface area contributed by atoms with Crippen molar-refractivity contribution in [2.75, 3.05) is 13.2 Å². The highest BCUT2D eigenvalue weighted by atomic mass is 35.5. The van der Waals surface area contributed by atoms with E-state index in [4.69, 9.17) is 21.1 Å². The third-order valence-electron chi connectivity index (χ3n) is 4.36. The number of rotatable bonds is 7. The van der Waals surface area contributed by atoms with Gasteiger partial charge in [-0.2, -0.15) is 0 Å². The Morgan fingerprint density at radius 3 is 2.78 bits per heavy atom. The molecule has 1 aliphatic carbocycles. The maximum absolute atomic E-state index is 12.3. The summed E-state index contributed by atoms with van der Waals surface area (Å²) in [7, 11) is 0. The van der Waals surface area contributed by atoms with Crippen LogP contribution in [0.2, 0.25) is 5.02 Å². The van der Waals surface area contributed by atoms with Crippen LogP contribution >= 0.6 is 23.4 Å². The van der Waals surface area contributed by atoms with Gasteiger partial charge in [-0.1, -0.05) is 31.4 Å². The van der Waals surface area contributed by atoms with Crippen LogP contribution < -0.4 is 14.8 Å². The van der Waals surface area contributed by atoms with Crippen molar-refractivity contribution in [2.24, 2.45) is 4.99 Å². The minimum absolute atomic E-state index is 0.128. The number of thioether (sulfide) groups is 1. The Bertz CT molecular complexity index is 758. The number of carbonyl (C=O) groups is 1. The average molecular weight is 409 g/mol. The molecule has 0 atom stereocenters. The molecule has 7 heteroatoms. The van der Waals surface area contributed by atoms with Crippen molar-refractivity contribution >= 4 is 40.5 Å². The number of halogens is 1. The molecule has 0 spiro atoms. The second kappa shape index (κ2) is 9.51. The number of nitrogens with one attached hydrogen (secondary N) is 1. The van der Waals surface area contributed by atoms with E-state index in [-0.39, 0.29) is 5.91 Å². The fourth-order valence-corrected chi connectivity index (χ4v) is 4.28. The van der Waals surface area contributed by atoms with Gasteiger partial charge in [0.05, 0.1) is 29.2 Å². The van der Waals surface area contributed by atoms with E-state index in [2.05, 4.69) is 10.3 Å². The van der Waals surface area contributed by atoms with E-state index in [1.165, 1.54) is 24.6 Å². The molecule has 2 fully saturated rings. The van der Waals surface area contributed by atoms with Crippen molar-refractivity contribution in [2.45, 2.75) is 52.0 Å². The van der Waals surface area contributed by atoms with E-state index in [9.17, 15) is 4.79 Å². The van der Waals surface area contributed by atoms with Gasteiger partial charge in [0.1, 0.15) is 0 Å². The Labute approximate surface area is 169 Å². The van der Waals surface area contributed by atoms with E-state index in [0.717, 1.165) is 24.8 Å². The van der Waals surface area contributed by atoms with Gasteiger partial charge in [0.25, 0.3) is 5.91 Å². The summed E-state index contributed by atoms with van der Waals surface area (Å²) in [5.41, 5.74) is 0.798. The first-order valence-electron chi connectivity index (χ1n) is 9.48. The molecule has 27 heavy (non-hydrogen) atoms. The van der Waals surface area contributed by atoms with Crippen molar-refractivity contribution in [1.82, 2.24) is 5.32 Å². The first-order valence-corrected chi connectivity index (χ1v) is 10.7. The van der Waals surface area contributed by atoms with E-state index in [0.29, 0.717) is 45.9 Å². The smallest absolute Gasteiger partial charge is 0.264 e. The van der Waals surface area contributed by atoms with Crippen molar-refractivity contribution in [3.8, 4) is 11.5 Å². The molecule has 1 saturated heterocycles. The summed E-state index contributed by atoms with van der Waals surface area (Å²) in [6.45, 7) is 5.02. The molecule has 0 radical (unpaired) electrons. The first-order chi connectivity index (χ1) is 13.1. The average Bonchev–Trinajstić information content (AvgIpc) is 3.25. The molecule has 1 heterocycles. The van der Waals surface area contributed by atoms with Gasteiger partial charge in [-0.3, -0.25) is 9.79 Å². The number of aliphatic imine (C=N–C) groups is 1. The van der Waals surface area contributed by atoms with Gasteiger partial charge in [-0.05, 0) is 61.7 Å². The lowest BCUT2D eigenvalue weighted by atomic mass is 10.2. The molecule has 5 nitrogen and oxygen atoms in total. The van der Waals surface area contributed by atoms with Crippen LogP contribution in [-0.4, -0.2) is 30.3 Å². The standard InChI is InChI=1S/C20H25ClN2O3S/c1-3-9-26-18-15(21)10-13(11-16(18)25-4-2)12-17-19(24)23-20(27-17)22-14-7-5-6-8-14/h10-12,14H,3-9H2,1-2H3,(H,22,23,24)/b17-12+. The molecule has 3 rings (SSSR count). The molecule has 1 aliphatic heterocycles. The van der Waals surface area contributed by atoms with Crippen LogP contribution in [0.25, 0.3) is 6.08 Å². The predicted molar refractivity (Wildman–Crippen MR) is 112 cm³/mol. The highest BCUT2D eigenvalue weighted by molar-refractivity contribution is 8.18. The van der Waals surface area contributed by atoms with Crippen molar-refractivity contribution < 1.29 is 14.3 Å². The van der Waals surface area contributed by atoms with Gasteiger partial charge in [-0.25, -0.2) is 0 Å². The van der Waals surface area contributed by atoms with Gasteiger partial charge in [0, 0.05) is 0 Å². The van der Waals surface area contributed by atoms with E-state index in [1.54, 1.807) is 6.07 Å². The van der Waals surface area contributed by atoms with Crippen molar-refractivity contribution in [1.29, 1.82) is 0 Å². The van der Waals surface area contributed by atoms with Crippen LogP contribution in [0.1, 0.15) is 51.5 Å². The number of ether oxygens (including phenoxy) is 2. The molecule has 0 aromatic heterocycles. The van der Waals surface area contributed by atoms with Gasteiger partial charge in [0.15, 0.2) is 16.7 Å². The number of nitrogens with zero attached hydrogens (tertiary/aromatic N) is 1.